The summed E-state index contributed by atoms with van der Waals surface area (Å²) in [4.78, 5) is 17.4. The van der Waals surface area contributed by atoms with Gasteiger partial charge in [-0.1, -0.05) is 6.07 Å². The summed E-state index contributed by atoms with van der Waals surface area (Å²) in [6.45, 7) is 0.653. The smallest absolute Gasteiger partial charge is 0.327 e. The second kappa shape index (κ2) is 3.53. The van der Waals surface area contributed by atoms with Crippen molar-refractivity contribution >= 4 is 17.6 Å². The number of aliphatic imine (C=N–C) groups is 1. The van der Waals surface area contributed by atoms with Crippen molar-refractivity contribution in [3.05, 3.63) is 29.1 Å². The first-order chi connectivity index (χ1) is 8.22. The van der Waals surface area contributed by atoms with Gasteiger partial charge in [-0.3, -0.25) is 9.89 Å². The van der Waals surface area contributed by atoms with Gasteiger partial charge >= 0.3 is 6.03 Å². The Morgan fingerprint density at radius 2 is 2.35 bits per heavy atom. The van der Waals surface area contributed by atoms with Crippen LogP contribution >= 0.6 is 0 Å². The van der Waals surface area contributed by atoms with E-state index in [1.807, 2.05) is 0 Å². The molecule has 2 heterocycles. The Balaban J connectivity index is 2.20. The number of benzene rings is 1. The number of hydrogen-bond acceptors (Lipinski definition) is 3. The van der Waals surface area contributed by atoms with Crippen molar-refractivity contribution in [2.24, 2.45) is 4.99 Å². The summed E-state index contributed by atoms with van der Waals surface area (Å²) in [5.74, 6) is -0.0836. The van der Waals surface area contributed by atoms with Gasteiger partial charge in [-0.05, 0) is 6.07 Å². The number of urea groups is 1. The van der Waals surface area contributed by atoms with E-state index in [0.717, 1.165) is 0 Å². The summed E-state index contributed by atoms with van der Waals surface area (Å²) in [5.41, 5.74) is 0.839. The molecule has 2 amide bonds. The van der Waals surface area contributed by atoms with E-state index in [-0.39, 0.29) is 17.3 Å². The fourth-order valence-corrected chi connectivity index (χ4v) is 2.10. The van der Waals surface area contributed by atoms with Gasteiger partial charge in [-0.15, -0.1) is 0 Å². The van der Waals surface area contributed by atoms with E-state index in [4.69, 9.17) is 5.11 Å². The number of aliphatic hydroxyl groups is 1. The third-order valence-electron chi connectivity index (χ3n) is 2.95. The third kappa shape index (κ3) is 1.34. The molecule has 1 aromatic rings. The average molecular weight is 235 g/mol. The highest BCUT2D eigenvalue weighted by Crippen LogP contribution is 2.30. The maximum atomic E-state index is 13.9. The van der Waals surface area contributed by atoms with Crippen molar-refractivity contribution in [3.63, 3.8) is 0 Å². The SMILES string of the molecule is O=C1Nc2c(ccc(CO)c2F)C2=NCCN12. The first-order valence-corrected chi connectivity index (χ1v) is 5.28. The molecule has 3 rings (SSSR count). The van der Waals surface area contributed by atoms with Crippen LogP contribution in [0.15, 0.2) is 17.1 Å². The standard InChI is InChI=1S/C11H10FN3O2/c12-8-6(5-16)1-2-7-9(8)14-11(17)15-4-3-13-10(7)15/h1-2,16H,3-5H2,(H,14,17). The number of carbonyl (C=O) groups excluding carboxylic acids is 1. The number of amides is 2. The number of hydrogen-bond donors (Lipinski definition) is 2. The number of rotatable bonds is 1. The van der Waals surface area contributed by atoms with E-state index in [1.165, 1.54) is 11.0 Å². The van der Waals surface area contributed by atoms with Crippen LogP contribution in [0.1, 0.15) is 11.1 Å². The van der Waals surface area contributed by atoms with Gasteiger partial charge in [0.1, 0.15) is 5.84 Å². The molecular weight excluding hydrogens is 225 g/mol. The number of anilines is 1. The Morgan fingerprint density at radius 3 is 3.12 bits per heavy atom. The highest BCUT2D eigenvalue weighted by atomic mass is 19.1. The van der Waals surface area contributed by atoms with Crippen LogP contribution in [0.4, 0.5) is 14.9 Å². The lowest BCUT2D eigenvalue weighted by Crippen LogP contribution is -2.42. The number of carbonyl (C=O) groups is 1. The van der Waals surface area contributed by atoms with Crippen molar-refractivity contribution in [1.29, 1.82) is 0 Å². The van der Waals surface area contributed by atoms with E-state index in [9.17, 15) is 9.18 Å². The van der Waals surface area contributed by atoms with E-state index in [2.05, 4.69) is 10.3 Å². The monoisotopic (exact) mass is 235 g/mol. The minimum absolute atomic E-state index is 0.110. The number of halogens is 1. The average Bonchev–Trinajstić information content (AvgIpc) is 2.81. The quantitative estimate of drug-likeness (QED) is 0.760. The number of aliphatic hydroxyl groups excluding tert-OH is 1. The van der Waals surface area contributed by atoms with Crippen molar-refractivity contribution < 1.29 is 14.3 Å². The Kier molecular flexibility index (Phi) is 2.12. The molecule has 0 spiro atoms. The molecule has 0 saturated carbocycles. The minimum atomic E-state index is -0.590. The lowest BCUT2D eigenvalue weighted by molar-refractivity contribution is 0.235. The number of amidine groups is 1. The summed E-state index contributed by atoms with van der Waals surface area (Å²) >= 11 is 0. The summed E-state index contributed by atoms with van der Waals surface area (Å²) in [6, 6.07) is 2.80. The normalized spacial score (nSPS) is 17.4. The van der Waals surface area contributed by atoms with Gasteiger partial charge in [0.25, 0.3) is 0 Å². The van der Waals surface area contributed by atoms with Crippen LogP contribution < -0.4 is 5.32 Å². The zero-order valence-electron chi connectivity index (χ0n) is 8.90. The first kappa shape index (κ1) is 10.2. The molecule has 6 heteroatoms. The summed E-state index contributed by atoms with van der Waals surface area (Å²) < 4.78 is 13.9. The lowest BCUT2D eigenvalue weighted by atomic mass is 10.1. The van der Waals surface area contributed by atoms with Crippen LogP contribution in [0, 0.1) is 5.82 Å². The minimum Gasteiger partial charge on any atom is -0.392 e. The fourth-order valence-electron chi connectivity index (χ4n) is 2.10. The van der Waals surface area contributed by atoms with Gasteiger partial charge in [0.05, 0.1) is 18.8 Å². The van der Waals surface area contributed by atoms with Gasteiger partial charge in [-0.2, -0.15) is 0 Å². The van der Waals surface area contributed by atoms with Crippen molar-refractivity contribution in [2.45, 2.75) is 6.61 Å². The molecule has 2 aliphatic rings. The molecule has 0 saturated heterocycles. The van der Waals surface area contributed by atoms with Gasteiger partial charge in [0.15, 0.2) is 5.82 Å². The molecule has 88 valence electrons. The second-order valence-electron chi connectivity index (χ2n) is 3.91. The first-order valence-electron chi connectivity index (χ1n) is 5.28. The molecule has 0 aliphatic carbocycles. The predicted molar refractivity (Wildman–Crippen MR) is 59.5 cm³/mol. The van der Waals surface area contributed by atoms with Crippen LogP contribution in [0.3, 0.4) is 0 Å². The largest absolute Gasteiger partial charge is 0.392 e. The van der Waals surface area contributed by atoms with Crippen LogP contribution in [-0.4, -0.2) is 35.0 Å². The molecule has 17 heavy (non-hydrogen) atoms. The molecule has 0 atom stereocenters. The molecule has 0 fully saturated rings. The molecule has 0 unspecified atom stereocenters. The van der Waals surface area contributed by atoms with E-state index in [0.29, 0.717) is 24.5 Å². The summed E-state index contributed by atoms with van der Waals surface area (Å²) in [6.07, 6.45) is 0. The predicted octanol–water partition coefficient (Wildman–Crippen LogP) is 0.926. The molecule has 0 radical (unpaired) electrons. The molecule has 2 N–H and O–H groups in total. The summed E-state index contributed by atoms with van der Waals surface area (Å²) in [7, 11) is 0. The number of fused-ring (bicyclic) bond motifs is 3. The zero-order chi connectivity index (χ0) is 12.0. The van der Waals surface area contributed by atoms with Crippen molar-refractivity contribution in [3.8, 4) is 0 Å². The zero-order valence-corrected chi connectivity index (χ0v) is 8.90. The van der Waals surface area contributed by atoms with Crippen LogP contribution in [0.2, 0.25) is 0 Å². The topological polar surface area (TPSA) is 64.9 Å². The van der Waals surface area contributed by atoms with E-state index < -0.39 is 12.4 Å². The third-order valence-corrected chi connectivity index (χ3v) is 2.95. The van der Waals surface area contributed by atoms with Crippen LogP contribution in [-0.2, 0) is 6.61 Å². The van der Waals surface area contributed by atoms with Crippen LogP contribution in [0.25, 0.3) is 0 Å². The fraction of sp³-hybridized carbons (Fsp3) is 0.273. The Bertz CT molecular complexity index is 542. The maximum Gasteiger partial charge on any atom is 0.327 e. The molecule has 2 aliphatic heterocycles. The number of nitrogens with one attached hydrogen (secondary N) is 1. The molecule has 0 aromatic heterocycles. The lowest BCUT2D eigenvalue weighted by Gasteiger charge is -2.27. The van der Waals surface area contributed by atoms with Gasteiger partial charge in [0, 0.05) is 17.7 Å². The van der Waals surface area contributed by atoms with Crippen LogP contribution in [0.5, 0.6) is 0 Å². The highest BCUT2D eigenvalue weighted by Gasteiger charge is 2.33. The van der Waals surface area contributed by atoms with E-state index >= 15 is 0 Å². The molecular formula is C11H10FN3O2. The Labute approximate surface area is 96.6 Å². The Morgan fingerprint density at radius 1 is 1.53 bits per heavy atom. The second-order valence-corrected chi connectivity index (χ2v) is 3.91. The Hall–Kier alpha value is -1.95. The maximum absolute atomic E-state index is 13.9. The van der Waals surface area contributed by atoms with Gasteiger partial charge in [-0.25, -0.2) is 9.18 Å². The van der Waals surface area contributed by atoms with Crippen molar-refractivity contribution in [1.82, 2.24) is 4.90 Å². The van der Waals surface area contributed by atoms with Gasteiger partial charge in [0.2, 0.25) is 0 Å². The molecule has 5 nitrogen and oxygen atoms in total. The summed E-state index contributed by atoms with van der Waals surface area (Å²) in [5, 5.41) is 11.5. The number of nitrogens with zero attached hydrogens (tertiary/aromatic N) is 2. The highest BCUT2D eigenvalue weighted by molar-refractivity contribution is 6.19. The van der Waals surface area contributed by atoms with Crippen molar-refractivity contribution in [2.75, 3.05) is 18.4 Å². The van der Waals surface area contributed by atoms with Gasteiger partial charge < -0.3 is 10.4 Å². The van der Waals surface area contributed by atoms with E-state index in [1.54, 1.807) is 6.07 Å². The molecule has 1 aromatic carbocycles. The molecule has 0 bridgehead atoms.